The third kappa shape index (κ3) is 3.64. The first-order chi connectivity index (χ1) is 12.5. The number of anilines is 1. The Hall–Kier alpha value is -3.02. The fourth-order valence-electron chi connectivity index (χ4n) is 2.20. The summed E-state index contributed by atoms with van der Waals surface area (Å²) in [6.07, 6.45) is 0.0638. The maximum Gasteiger partial charge on any atom is 0.263 e. The van der Waals surface area contributed by atoms with Crippen molar-refractivity contribution in [3.8, 4) is 22.4 Å². The van der Waals surface area contributed by atoms with Crippen LogP contribution in [-0.4, -0.2) is 50.6 Å². The SMILES string of the molecule is CCN(C)C(=O)C(O)C#Cc1cccc(-c2nc3c(N)ncnc3s2)c1. The van der Waals surface area contributed by atoms with Gasteiger partial charge in [-0.2, -0.15) is 0 Å². The minimum atomic E-state index is -1.35. The third-order valence-corrected chi connectivity index (χ3v) is 4.78. The summed E-state index contributed by atoms with van der Waals surface area (Å²) in [5.41, 5.74) is 7.93. The minimum Gasteiger partial charge on any atom is -0.382 e. The molecule has 26 heavy (non-hydrogen) atoms. The number of aliphatic hydroxyl groups is 1. The number of benzene rings is 1. The molecule has 0 bridgehead atoms. The molecule has 3 rings (SSSR count). The molecule has 0 aliphatic heterocycles. The first-order valence-corrected chi connectivity index (χ1v) is 8.73. The summed E-state index contributed by atoms with van der Waals surface area (Å²) in [6, 6.07) is 7.39. The van der Waals surface area contributed by atoms with Crippen molar-refractivity contribution in [2.75, 3.05) is 19.3 Å². The van der Waals surface area contributed by atoms with Crippen LogP contribution in [0.1, 0.15) is 12.5 Å². The van der Waals surface area contributed by atoms with E-state index in [1.807, 2.05) is 25.1 Å². The Morgan fingerprint density at radius 1 is 1.42 bits per heavy atom. The van der Waals surface area contributed by atoms with Crippen LogP contribution in [-0.2, 0) is 4.79 Å². The summed E-state index contributed by atoms with van der Waals surface area (Å²) in [7, 11) is 1.62. The Morgan fingerprint density at radius 3 is 2.96 bits per heavy atom. The van der Waals surface area contributed by atoms with Gasteiger partial charge in [-0.3, -0.25) is 4.79 Å². The monoisotopic (exact) mass is 367 g/mol. The lowest BCUT2D eigenvalue weighted by molar-refractivity contribution is -0.135. The van der Waals surface area contributed by atoms with Crippen LogP contribution in [0.25, 0.3) is 20.9 Å². The lowest BCUT2D eigenvalue weighted by atomic mass is 10.1. The predicted octanol–water partition coefficient (Wildman–Crippen LogP) is 1.53. The maximum atomic E-state index is 11.9. The molecule has 0 aliphatic rings. The lowest BCUT2D eigenvalue weighted by Crippen LogP contribution is -2.35. The number of aliphatic hydroxyl groups excluding tert-OH is 1. The number of hydrogen-bond acceptors (Lipinski definition) is 7. The summed E-state index contributed by atoms with van der Waals surface area (Å²) < 4.78 is 0. The van der Waals surface area contributed by atoms with Gasteiger partial charge in [0.25, 0.3) is 5.91 Å². The quantitative estimate of drug-likeness (QED) is 0.680. The smallest absolute Gasteiger partial charge is 0.263 e. The molecule has 0 saturated heterocycles. The van der Waals surface area contributed by atoms with E-state index in [2.05, 4.69) is 26.8 Å². The standard InChI is InChI=1S/C18H17N5O2S/c1-3-23(2)18(25)13(24)8-7-11-5-4-6-12(9-11)16-22-14-15(19)20-10-21-17(14)26-16/h4-6,9-10,13,24H,3H2,1-2H3,(H2,19,20,21). The van der Waals surface area contributed by atoms with Gasteiger partial charge in [-0.15, -0.1) is 0 Å². The highest BCUT2D eigenvalue weighted by Gasteiger charge is 2.15. The van der Waals surface area contributed by atoms with Gasteiger partial charge in [0.1, 0.15) is 21.7 Å². The molecule has 0 spiro atoms. The zero-order valence-corrected chi connectivity index (χ0v) is 15.1. The molecule has 1 unspecified atom stereocenters. The zero-order valence-electron chi connectivity index (χ0n) is 14.3. The van der Waals surface area contributed by atoms with Crippen molar-refractivity contribution in [3.05, 3.63) is 36.2 Å². The molecule has 0 radical (unpaired) electrons. The highest BCUT2D eigenvalue weighted by atomic mass is 32.1. The van der Waals surface area contributed by atoms with Crippen molar-refractivity contribution < 1.29 is 9.90 Å². The van der Waals surface area contributed by atoms with Crippen LogP contribution in [0.3, 0.4) is 0 Å². The fourth-order valence-corrected chi connectivity index (χ4v) is 3.11. The van der Waals surface area contributed by atoms with Gasteiger partial charge in [0, 0.05) is 24.7 Å². The van der Waals surface area contributed by atoms with E-state index in [-0.39, 0.29) is 0 Å². The van der Waals surface area contributed by atoms with E-state index in [4.69, 9.17) is 5.73 Å². The molecule has 8 heteroatoms. The summed E-state index contributed by atoms with van der Waals surface area (Å²) in [5.74, 6) is 5.34. The second kappa shape index (κ2) is 7.47. The summed E-state index contributed by atoms with van der Waals surface area (Å²) in [6.45, 7) is 2.34. The molecule has 0 saturated carbocycles. The van der Waals surface area contributed by atoms with Crippen LogP contribution in [0.15, 0.2) is 30.6 Å². The molecule has 1 aromatic carbocycles. The molecule has 0 fully saturated rings. The number of rotatable bonds is 3. The number of nitrogens with zero attached hydrogens (tertiary/aromatic N) is 4. The highest BCUT2D eigenvalue weighted by Crippen LogP contribution is 2.30. The molecule has 2 heterocycles. The average Bonchev–Trinajstić information content (AvgIpc) is 3.11. The summed E-state index contributed by atoms with van der Waals surface area (Å²) in [5, 5.41) is 10.6. The van der Waals surface area contributed by atoms with E-state index in [1.54, 1.807) is 13.1 Å². The lowest BCUT2D eigenvalue weighted by Gasteiger charge is -2.15. The molecular formula is C18H17N5O2S. The molecular weight excluding hydrogens is 350 g/mol. The molecule has 3 aromatic rings. The number of nitrogen functional groups attached to an aromatic ring is 1. The summed E-state index contributed by atoms with van der Waals surface area (Å²) in [4.78, 5) is 26.6. The average molecular weight is 367 g/mol. The van der Waals surface area contributed by atoms with E-state index in [0.717, 1.165) is 10.6 Å². The van der Waals surface area contributed by atoms with E-state index in [0.29, 0.717) is 28.3 Å². The van der Waals surface area contributed by atoms with Gasteiger partial charge in [0.15, 0.2) is 11.9 Å². The fraction of sp³-hybridized carbons (Fsp3) is 0.222. The maximum absolute atomic E-state index is 11.9. The number of likely N-dealkylation sites (N-methyl/N-ethyl adjacent to an activating group) is 1. The molecule has 132 valence electrons. The van der Waals surface area contributed by atoms with Crippen molar-refractivity contribution in [2.45, 2.75) is 13.0 Å². The van der Waals surface area contributed by atoms with Crippen molar-refractivity contribution >= 4 is 33.4 Å². The van der Waals surface area contributed by atoms with Gasteiger partial charge in [-0.25, -0.2) is 15.0 Å². The largest absolute Gasteiger partial charge is 0.382 e. The van der Waals surface area contributed by atoms with Crippen LogP contribution in [0, 0.1) is 11.8 Å². The normalized spacial score (nSPS) is 11.7. The number of carbonyl (C=O) groups excluding carboxylic acids is 1. The van der Waals surface area contributed by atoms with Gasteiger partial charge in [0.2, 0.25) is 0 Å². The molecule has 1 amide bonds. The van der Waals surface area contributed by atoms with E-state index in [1.165, 1.54) is 22.6 Å². The van der Waals surface area contributed by atoms with Crippen LogP contribution >= 0.6 is 11.3 Å². The number of thiazole rings is 1. The van der Waals surface area contributed by atoms with Crippen LogP contribution in [0.2, 0.25) is 0 Å². The first kappa shape index (κ1) is 17.8. The van der Waals surface area contributed by atoms with Gasteiger partial charge >= 0.3 is 0 Å². The van der Waals surface area contributed by atoms with E-state index in [9.17, 15) is 9.90 Å². The Labute approximate surface area is 154 Å². The van der Waals surface area contributed by atoms with Crippen molar-refractivity contribution in [1.82, 2.24) is 19.9 Å². The number of fused-ring (bicyclic) bond motifs is 1. The highest BCUT2D eigenvalue weighted by molar-refractivity contribution is 7.21. The Balaban J connectivity index is 1.88. The minimum absolute atomic E-state index is 0.343. The summed E-state index contributed by atoms with van der Waals surface area (Å²) >= 11 is 1.41. The molecule has 0 aliphatic carbocycles. The van der Waals surface area contributed by atoms with Crippen LogP contribution < -0.4 is 5.73 Å². The van der Waals surface area contributed by atoms with E-state index < -0.39 is 12.0 Å². The van der Waals surface area contributed by atoms with Gasteiger partial charge in [-0.05, 0) is 19.1 Å². The third-order valence-electron chi connectivity index (χ3n) is 3.77. The van der Waals surface area contributed by atoms with Crippen LogP contribution in [0.5, 0.6) is 0 Å². The van der Waals surface area contributed by atoms with Crippen molar-refractivity contribution in [1.29, 1.82) is 0 Å². The zero-order chi connectivity index (χ0) is 18.7. The van der Waals surface area contributed by atoms with Crippen LogP contribution in [0.4, 0.5) is 5.82 Å². The predicted molar refractivity (Wildman–Crippen MR) is 101 cm³/mol. The number of carbonyl (C=O) groups is 1. The van der Waals surface area contributed by atoms with Gasteiger partial charge in [0.05, 0.1) is 0 Å². The second-order valence-electron chi connectivity index (χ2n) is 5.54. The number of amides is 1. The van der Waals surface area contributed by atoms with Gasteiger partial charge < -0.3 is 15.7 Å². The second-order valence-corrected chi connectivity index (χ2v) is 6.51. The molecule has 1 atom stereocenters. The number of aromatic nitrogens is 3. The molecule has 2 aromatic heterocycles. The number of hydrogen-bond donors (Lipinski definition) is 2. The Bertz CT molecular complexity index is 1020. The Morgan fingerprint density at radius 2 is 2.23 bits per heavy atom. The molecule has 3 N–H and O–H groups in total. The first-order valence-electron chi connectivity index (χ1n) is 7.91. The van der Waals surface area contributed by atoms with E-state index >= 15 is 0 Å². The number of nitrogens with two attached hydrogens (primary N) is 1. The van der Waals surface area contributed by atoms with Gasteiger partial charge in [-0.1, -0.05) is 35.3 Å². The van der Waals surface area contributed by atoms with Crippen molar-refractivity contribution in [2.24, 2.45) is 0 Å². The topological polar surface area (TPSA) is 105 Å². The Kier molecular flexibility index (Phi) is 5.11. The van der Waals surface area contributed by atoms with Crippen molar-refractivity contribution in [3.63, 3.8) is 0 Å². The molecule has 7 nitrogen and oxygen atoms in total.